The van der Waals surface area contributed by atoms with E-state index in [1.54, 1.807) is 0 Å². The molecule has 2 unspecified atom stereocenters. The zero-order valence-electron chi connectivity index (χ0n) is 12.5. The van der Waals surface area contributed by atoms with Crippen LogP contribution in [0.25, 0.3) is 0 Å². The number of aromatic nitrogens is 2. The molecule has 4 heteroatoms. The van der Waals surface area contributed by atoms with Gasteiger partial charge in [-0.2, -0.15) is 0 Å². The zero-order chi connectivity index (χ0) is 14.0. The first-order valence-electron chi connectivity index (χ1n) is 7.35. The van der Waals surface area contributed by atoms with Gasteiger partial charge in [0.25, 0.3) is 0 Å². The highest BCUT2D eigenvalue weighted by atomic mass is 15.1. The van der Waals surface area contributed by atoms with Gasteiger partial charge in [-0.25, -0.2) is 9.97 Å². The second-order valence-electron chi connectivity index (χ2n) is 6.45. The van der Waals surface area contributed by atoms with E-state index < -0.39 is 0 Å². The van der Waals surface area contributed by atoms with E-state index in [-0.39, 0.29) is 0 Å². The highest BCUT2D eigenvalue weighted by molar-refractivity contribution is 5.45. The molecular weight excluding hydrogens is 236 g/mol. The molecule has 0 aliphatic heterocycles. The van der Waals surface area contributed by atoms with E-state index >= 15 is 0 Å². The molecule has 0 aromatic carbocycles. The van der Waals surface area contributed by atoms with Gasteiger partial charge >= 0.3 is 0 Å². The number of nitrogen functional groups attached to an aromatic ring is 1. The summed E-state index contributed by atoms with van der Waals surface area (Å²) in [7, 11) is 0. The van der Waals surface area contributed by atoms with E-state index in [0.717, 1.165) is 23.5 Å². The maximum absolute atomic E-state index is 5.87. The van der Waals surface area contributed by atoms with E-state index in [0.29, 0.717) is 17.8 Å². The largest absolute Gasteiger partial charge is 0.384 e. The number of anilines is 2. The van der Waals surface area contributed by atoms with Gasteiger partial charge in [-0.1, -0.05) is 27.7 Å². The Kier molecular flexibility index (Phi) is 4.27. The Bertz CT molecular complexity index is 420. The van der Waals surface area contributed by atoms with E-state index in [1.165, 1.54) is 19.3 Å². The number of nitrogens with one attached hydrogen (secondary N) is 1. The average Bonchev–Trinajstić information content (AvgIpc) is 2.26. The average molecular weight is 262 g/mol. The Balaban J connectivity index is 2.10. The lowest BCUT2D eigenvalue weighted by atomic mass is 9.80. The van der Waals surface area contributed by atoms with Gasteiger partial charge in [0.2, 0.25) is 0 Å². The van der Waals surface area contributed by atoms with Crippen LogP contribution < -0.4 is 11.1 Å². The fourth-order valence-electron chi connectivity index (χ4n) is 3.09. The van der Waals surface area contributed by atoms with Gasteiger partial charge in [0.05, 0.1) is 0 Å². The molecule has 0 radical (unpaired) electrons. The highest BCUT2D eigenvalue weighted by Crippen LogP contribution is 2.30. The summed E-state index contributed by atoms with van der Waals surface area (Å²) in [5, 5.41) is 3.55. The predicted molar refractivity (Wildman–Crippen MR) is 80.1 cm³/mol. The van der Waals surface area contributed by atoms with Crippen LogP contribution >= 0.6 is 0 Å². The Morgan fingerprint density at radius 2 is 1.79 bits per heavy atom. The molecule has 1 fully saturated rings. The molecule has 1 heterocycles. The molecule has 0 amide bonds. The van der Waals surface area contributed by atoms with Crippen molar-refractivity contribution >= 4 is 11.6 Å². The van der Waals surface area contributed by atoms with Crippen molar-refractivity contribution in [3.8, 4) is 0 Å². The van der Waals surface area contributed by atoms with Crippen LogP contribution in [0.4, 0.5) is 11.6 Å². The van der Waals surface area contributed by atoms with E-state index in [9.17, 15) is 0 Å². The summed E-state index contributed by atoms with van der Waals surface area (Å²) in [6, 6.07) is 2.35. The lowest BCUT2D eigenvalue weighted by Gasteiger charge is -2.32. The summed E-state index contributed by atoms with van der Waals surface area (Å²) < 4.78 is 0. The van der Waals surface area contributed by atoms with Gasteiger partial charge in [0.15, 0.2) is 0 Å². The molecule has 1 aromatic rings. The van der Waals surface area contributed by atoms with Gasteiger partial charge in [0.1, 0.15) is 17.5 Å². The first-order chi connectivity index (χ1) is 8.94. The molecule has 1 saturated carbocycles. The minimum Gasteiger partial charge on any atom is -0.384 e. The molecule has 3 N–H and O–H groups in total. The summed E-state index contributed by atoms with van der Waals surface area (Å²) in [6.45, 7) is 8.84. The summed E-state index contributed by atoms with van der Waals surface area (Å²) in [6.07, 6.45) is 3.76. The van der Waals surface area contributed by atoms with Crippen molar-refractivity contribution in [1.82, 2.24) is 9.97 Å². The van der Waals surface area contributed by atoms with Gasteiger partial charge in [-0.15, -0.1) is 0 Å². The Morgan fingerprint density at radius 1 is 1.16 bits per heavy atom. The van der Waals surface area contributed by atoms with Crippen LogP contribution in [-0.2, 0) is 0 Å². The maximum Gasteiger partial charge on any atom is 0.135 e. The Morgan fingerprint density at radius 3 is 2.37 bits per heavy atom. The fraction of sp³-hybridized carbons (Fsp3) is 0.733. The summed E-state index contributed by atoms with van der Waals surface area (Å²) >= 11 is 0. The number of rotatable bonds is 3. The number of nitrogens with zero attached hydrogens (tertiary/aromatic N) is 2. The third-order valence-electron chi connectivity index (χ3n) is 3.81. The van der Waals surface area contributed by atoms with Crippen LogP contribution in [0.1, 0.15) is 58.7 Å². The minimum absolute atomic E-state index is 0.299. The summed E-state index contributed by atoms with van der Waals surface area (Å²) in [4.78, 5) is 8.86. The molecule has 2 atom stereocenters. The third kappa shape index (κ3) is 3.82. The van der Waals surface area contributed by atoms with Crippen LogP contribution in [0, 0.1) is 11.8 Å². The van der Waals surface area contributed by atoms with Crippen molar-refractivity contribution < 1.29 is 0 Å². The van der Waals surface area contributed by atoms with E-state index in [1.807, 2.05) is 6.07 Å². The maximum atomic E-state index is 5.87. The predicted octanol–water partition coefficient (Wildman–Crippen LogP) is 3.42. The summed E-state index contributed by atoms with van der Waals surface area (Å²) in [5.41, 5.74) is 5.87. The van der Waals surface area contributed by atoms with Crippen molar-refractivity contribution in [3.63, 3.8) is 0 Å². The highest BCUT2D eigenvalue weighted by Gasteiger charge is 2.24. The Labute approximate surface area is 116 Å². The van der Waals surface area contributed by atoms with Gasteiger partial charge < -0.3 is 11.1 Å². The second-order valence-corrected chi connectivity index (χ2v) is 6.45. The lowest BCUT2D eigenvalue weighted by molar-refractivity contribution is 0.280. The molecule has 0 bridgehead atoms. The molecule has 106 valence electrons. The van der Waals surface area contributed by atoms with Crippen LogP contribution in [0.3, 0.4) is 0 Å². The van der Waals surface area contributed by atoms with Gasteiger partial charge in [-0.05, 0) is 31.1 Å². The summed E-state index contributed by atoms with van der Waals surface area (Å²) in [5.74, 6) is 4.11. The lowest BCUT2D eigenvalue weighted by Crippen LogP contribution is -2.30. The normalized spacial score (nSPS) is 27.5. The van der Waals surface area contributed by atoms with Crippen LogP contribution in [-0.4, -0.2) is 16.0 Å². The van der Waals surface area contributed by atoms with Crippen LogP contribution in [0.5, 0.6) is 0 Å². The van der Waals surface area contributed by atoms with Crippen molar-refractivity contribution in [2.75, 3.05) is 11.1 Å². The molecule has 4 nitrogen and oxygen atoms in total. The minimum atomic E-state index is 0.299. The third-order valence-corrected chi connectivity index (χ3v) is 3.81. The number of nitrogens with two attached hydrogens (primary N) is 1. The molecule has 19 heavy (non-hydrogen) atoms. The molecule has 2 rings (SSSR count). The molecule has 1 aliphatic carbocycles. The molecular formula is C15H26N4. The number of hydrogen-bond acceptors (Lipinski definition) is 4. The second kappa shape index (κ2) is 5.76. The molecule has 0 spiro atoms. The first-order valence-corrected chi connectivity index (χ1v) is 7.35. The van der Waals surface area contributed by atoms with Crippen molar-refractivity contribution in [3.05, 3.63) is 11.9 Å². The van der Waals surface area contributed by atoms with Gasteiger partial charge in [0, 0.05) is 18.0 Å². The van der Waals surface area contributed by atoms with Gasteiger partial charge in [-0.3, -0.25) is 0 Å². The molecule has 0 saturated heterocycles. The van der Waals surface area contributed by atoms with Crippen molar-refractivity contribution in [2.45, 2.75) is 58.9 Å². The monoisotopic (exact) mass is 262 g/mol. The molecule has 1 aliphatic rings. The number of hydrogen-bond donors (Lipinski definition) is 2. The van der Waals surface area contributed by atoms with Crippen molar-refractivity contribution in [1.29, 1.82) is 0 Å². The van der Waals surface area contributed by atoms with E-state index in [2.05, 4.69) is 43.0 Å². The van der Waals surface area contributed by atoms with Crippen LogP contribution in [0.15, 0.2) is 6.07 Å². The first kappa shape index (κ1) is 14.1. The standard InChI is InChI=1S/C15H26N4/c1-9(2)15-18-13(16)8-14(19-15)17-12-6-10(3)5-11(4)7-12/h8-12H,5-7H2,1-4H3,(H3,16,17,18,19). The fourth-order valence-corrected chi connectivity index (χ4v) is 3.09. The smallest absolute Gasteiger partial charge is 0.135 e. The zero-order valence-corrected chi connectivity index (χ0v) is 12.5. The van der Waals surface area contributed by atoms with E-state index in [4.69, 9.17) is 5.73 Å². The quantitative estimate of drug-likeness (QED) is 0.876. The Hall–Kier alpha value is -1.32. The molecule has 1 aromatic heterocycles. The SMILES string of the molecule is CC1CC(C)CC(Nc2cc(N)nc(C(C)C)n2)C1. The van der Waals surface area contributed by atoms with Crippen molar-refractivity contribution in [2.24, 2.45) is 11.8 Å². The van der Waals surface area contributed by atoms with Crippen LogP contribution in [0.2, 0.25) is 0 Å². The topological polar surface area (TPSA) is 63.8 Å².